The zero-order chi connectivity index (χ0) is 15.4. The van der Waals surface area contributed by atoms with Gasteiger partial charge in [-0.3, -0.25) is 0 Å². The van der Waals surface area contributed by atoms with E-state index >= 15 is 0 Å². The van der Waals surface area contributed by atoms with Crippen LogP contribution in [0.2, 0.25) is 0 Å². The molecule has 0 heterocycles. The van der Waals surface area contributed by atoms with Crippen molar-refractivity contribution in [2.45, 2.75) is 77.6 Å². The van der Waals surface area contributed by atoms with Crippen molar-refractivity contribution in [1.82, 2.24) is 0 Å². The minimum absolute atomic E-state index is 0.0685. The smallest absolute Gasteiger partial charge is 0.123 e. The summed E-state index contributed by atoms with van der Waals surface area (Å²) >= 11 is 0. The fraction of sp³-hybridized carbons (Fsp3) is 0.714. The van der Waals surface area contributed by atoms with Crippen molar-refractivity contribution in [3.63, 3.8) is 0 Å². The molecule has 1 aromatic carbocycles. The number of rotatable bonds is 5. The van der Waals surface area contributed by atoms with Gasteiger partial charge in [0.05, 0.1) is 0 Å². The van der Waals surface area contributed by atoms with Crippen molar-refractivity contribution in [3.8, 4) is 0 Å². The monoisotopic (exact) mass is 302 g/mol. The van der Waals surface area contributed by atoms with E-state index in [1.165, 1.54) is 75.3 Å². The van der Waals surface area contributed by atoms with E-state index in [-0.39, 0.29) is 5.82 Å². The molecule has 0 spiro atoms. The number of hydrogen-bond donors (Lipinski definition) is 0. The normalized spacial score (nSPS) is 28.4. The Hall–Kier alpha value is -0.850. The van der Waals surface area contributed by atoms with Crippen LogP contribution < -0.4 is 0 Å². The molecular formula is C21H31F. The van der Waals surface area contributed by atoms with E-state index in [4.69, 9.17) is 0 Å². The van der Waals surface area contributed by atoms with Gasteiger partial charge in [-0.25, -0.2) is 4.39 Å². The second kappa shape index (κ2) is 7.62. The van der Waals surface area contributed by atoms with E-state index in [9.17, 15) is 4.39 Å². The molecule has 1 saturated carbocycles. The molecule has 0 aromatic heterocycles. The molecule has 0 radical (unpaired) electrons. The van der Waals surface area contributed by atoms with Crippen LogP contribution in [0, 0.1) is 23.6 Å². The standard InChI is InChI=1S/C21H31F/c1-2-3-16-4-6-17(7-5-16)8-9-18-10-11-20-15-21(22)13-12-19(20)14-18/h12-13,15-18H,2-11,14H2,1H3. The van der Waals surface area contributed by atoms with Crippen LogP contribution in [0.25, 0.3) is 0 Å². The average molecular weight is 302 g/mol. The second-order valence-electron chi connectivity index (χ2n) is 7.77. The molecule has 1 heteroatoms. The summed E-state index contributed by atoms with van der Waals surface area (Å²) in [4.78, 5) is 0. The molecule has 1 fully saturated rings. The molecule has 2 aliphatic rings. The molecule has 1 aromatic rings. The van der Waals surface area contributed by atoms with E-state index < -0.39 is 0 Å². The fourth-order valence-corrected chi connectivity index (χ4v) is 4.73. The Morgan fingerprint density at radius 3 is 2.27 bits per heavy atom. The maximum absolute atomic E-state index is 13.3. The Balaban J connectivity index is 1.43. The topological polar surface area (TPSA) is 0 Å². The highest BCUT2D eigenvalue weighted by molar-refractivity contribution is 5.30. The number of fused-ring (bicyclic) bond motifs is 1. The van der Waals surface area contributed by atoms with Gasteiger partial charge >= 0.3 is 0 Å². The van der Waals surface area contributed by atoms with Gasteiger partial charge in [-0.05, 0) is 66.7 Å². The molecule has 2 aliphatic carbocycles. The summed E-state index contributed by atoms with van der Waals surface area (Å²) in [6.07, 6.45) is 15.1. The van der Waals surface area contributed by atoms with Gasteiger partial charge in [0.1, 0.15) is 5.82 Å². The summed E-state index contributed by atoms with van der Waals surface area (Å²) < 4.78 is 13.3. The van der Waals surface area contributed by atoms with Gasteiger partial charge in [0.25, 0.3) is 0 Å². The molecule has 0 aliphatic heterocycles. The van der Waals surface area contributed by atoms with Crippen molar-refractivity contribution in [2.75, 3.05) is 0 Å². The lowest BCUT2D eigenvalue weighted by molar-refractivity contribution is 0.236. The van der Waals surface area contributed by atoms with Crippen LogP contribution >= 0.6 is 0 Å². The van der Waals surface area contributed by atoms with E-state index in [2.05, 4.69) is 6.92 Å². The van der Waals surface area contributed by atoms with Crippen molar-refractivity contribution < 1.29 is 4.39 Å². The molecule has 0 saturated heterocycles. The first-order chi connectivity index (χ1) is 10.7. The third-order valence-electron chi connectivity index (χ3n) is 6.15. The Bertz CT molecular complexity index is 471. The number of hydrogen-bond acceptors (Lipinski definition) is 0. The van der Waals surface area contributed by atoms with Gasteiger partial charge in [-0.2, -0.15) is 0 Å². The first-order valence-electron chi connectivity index (χ1n) is 9.52. The quantitative estimate of drug-likeness (QED) is 0.597. The predicted molar refractivity (Wildman–Crippen MR) is 91.5 cm³/mol. The van der Waals surface area contributed by atoms with Crippen LogP contribution in [0.4, 0.5) is 4.39 Å². The van der Waals surface area contributed by atoms with Gasteiger partial charge in [0.2, 0.25) is 0 Å². The fourth-order valence-electron chi connectivity index (χ4n) is 4.73. The minimum Gasteiger partial charge on any atom is -0.207 e. The largest absolute Gasteiger partial charge is 0.207 e. The highest BCUT2D eigenvalue weighted by Gasteiger charge is 2.23. The van der Waals surface area contributed by atoms with Crippen LogP contribution in [-0.4, -0.2) is 0 Å². The maximum Gasteiger partial charge on any atom is 0.123 e. The number of halogens is 1. The maximum atomic E-state index is 13.3. The zero-order valence-corrected chi connectivity index (χ0v) is 14.1. The third kappa shape index (κ3) is 4.12. The summed E-state index contributed by atoms with van der Waals surface area (Å²) in [7, 11) is 0. The highest BCUT2D eigenvalue weighted by atomic mass is 19.1. The third-order valence-corrected chi connectivity index (χ3v) is 6.15. The first-order valence-corrected chi connectivity index (χ1v) is 9.52. The van der Waals surface area contributed by atoms with Crippen LogP contribution in [0.15, 0.2) is 18.2 Å². The predicted octanol–water partition coefficient (Wildman–Crippen LogP) is 6.32. The number of benzene rings is 1. The van der Waals surface area contributed by atoms with E-state index in [0.29, 0.717) is 0 Å². The molecule has 22 heavy (non-hydrogen) atoms. The average Bonchev–Trinajstić information content (AvgIpc) is 2.54. The Kier molecular flexibility index (Phi) is 5.55. The minimum atomic E-state index is -0.0685. The van der Waals surface area contributed by atoms with E-state index in [1.54, 1.807) is 12.1 Å². The van der Waals surface area contributed by atoms with Crippen LogP contribution in [-0.2, 0) is 12.8 Å². The summed E-state index contributed by atoms with van der Waals surface area (Å²) in [5, 5.41) is 0. The molecule has 0 nitrogen and oxygen atoms in total. The lowest BCUT2D eigenvalue weighted by Crippen LogP contribution is -2.18. The molecule has 0 bridgehead atoms. The summed E-state index contributed by atoms with van der Waals surface area (Å²) in [6.45, 7) is 2.32. The molecule has 1 unspecified atom stereocenters. The second-order valence-corrected chi connectivity index (χ2v) is 7.77. The Labute approximate surface area is 135 Å². The van der Waals surface area contributed by atoms with Crippen molar-refractivity contribution >= 4 is 0 Å². The molecule has 0 N–H and O–H groups in total. The zero-order valence-electron chi connectivity index (χ0n) is 14.1. The van der Waals surface area contributed by atoms with Gasteiger partial charge in [0, 0.05) is 0 Å². The number of aryl methyl sites for hydroxylation is 1. The van der Waals surface area contributed by atoms with E-state index in [0.717, 1.165) is 24.2 Å². The summed E-state index contributed by atoms with van der Waals surface area (Å²) in [5.74, 6) is 2.78. The van der Waals surface area contributed by atoms with Crippen LogP contribution in [0.1, 0.15) is 75.8 Å². The van der Waals surface area contributed by atoms with Gasteiger partial charge in [0.15, 0.2) is 0 Å². The van der Waals surface area contributed by atoms with Crippen molar-refractivity contribution in [3.05, 3.63) is 35.1 Å². The first kappa shape index (κ1) is 16.0. The van der Waals surface area contributed by atoms with Gasteiger partial charge < -0.3 is 0 Å². The van der Waals surface area contributed by atoms with E-state index in [1.807, 2.05) is 6.07 Å². The molecule has 3 rings (SSSR count). The molecule has 122 valence electrons. The summed E-state index contributed by atoms with van der Waals surface area (Å²) in [5.41, 5.74) is 2.67. The van der Waals surface area contributed by atoms with Crippen LogP contribution in [0.5, 0.6) is 0 Å². The molecule has 1 atom stereocenters. The van der Waals surface area contributed by atoms with Crippen LogP contribution in [0.3, 0.4) is 0 Å². The summed E-state index contributed by atoms with van der Waals surface area (Å²) in [6, 6.07) is 5.41. The molecule has 0 amide bonds. The Morgan fingerprint density at radius 1 is 0.864 bits per heavy atom. The highest BCUT2D eigenvalue weighted by Crippen LogP contribution is 2.36. The molecular weight excluding hydrogens is 271 g/mol. The van der Waals surface area contributed by atoms with Crippen molar-refractivity contribution in [1.29, 1.82) is 0 Å². The lowest BCUT2D eigenvalue weighted by Gasteiger charge is -2.30. The van der Waals surface area contributed by atoms with Gasteiger partial charge in [-0.1, -0.05) is 57.9 Å². The SMILES string of the molecule is CCCC1CCC(CCC2CCc3cc(F)ccc3C2)CC1. The van der Waals surface area contributed by atoms with Gasteiger partial charge in [-0.15, -0.1) is 0 Å². The Morgan fingerprint density at radius 2 is 1.55 bits per heavy atom. The van der Waals surface area contributed by atoms with Crippen molar-refractivity contribution in [2.24, 2.45) is 17.8 Å². The lowest BCUT2D eigenvalue weighted by atomic mass is 9.75.